The third-order valence-electron chi connectivity index (χ3n) is 5.29. The molecule has 0 radical (unpaired) electrons. The highest BCUT2D eigenvalue weighted by molar-refractivity contribution is 7.80. The molecule has 1 unspecified atom stereocenters. The van der Waals surface area contributed by atoms with Crippen LogP contribution in [0, 0.1) is 24.4 Å². The second-order valence-electron chi connectivity index (χ2n) is 7.49. The van der Waals surface area contributed by atoms with Crippen LogP contribution in [-0.4, -0.2) is 32.6 Å². The van der Waals surface area contributed by atoms with Gasteiger partial charge >= 0.3 is 0 Å². The van der Waals surface area contributed by atoms with Crippen LogP contribution in [0.1, 0.15) is 29.8 Å². The second-order valence-corrected chi connectivity index (χ2v) is 7.88. The number of hydrogen-bond donors (Lipinski definition) is 1. The first kappa shape index (κ1) is 22.5. The van der Waals surface area contributed by atoms with E-state index in [1.165, 1.54) is 12.0 Å². The molecule has 0 aliphatic carbocycles. The number of imidazole rings is 1. The molecule has 4 rings (SSSR count). The zero-order valence-corrected chi connectivity index (χ0v) is 18.7. The Kier molecular flexibility index (Phi) is 5.94. The average Bonchev–Trinajstić information content (AvgIpc) is 3.33. The van der Waals surface area contributed by atoms with Gasteiger partial charge in [0.2, 0.25) is 0 Å². The molecule has 1 aliphatic rings. The summed E-state index contributed by atoms with van der Waals surface area (Å²) in [6.45, 7) is 3.43. The van der Waals surface area contributed by atoms with Crippen molar-refractivity contribution in [3.05, 3.63) is 82.8 Å². The van der Waals surface area contributed by atoms with Gasteiger partial charge in [-0.25, -0.2) is 18.2 Å². The fourth-order valence-corrected chi connectivity index (χ4v) is 3.93. The number of benzene rings is 2. The van der Waals surface area contributed by atoms with Gasteiger partial charge in [0.15, 0.2) is 22.6 Å². The van der Waals surface area contributed by atoms with E-state index in [4.69, 9.17) is 17.0 Å². The minimum atomic E-state index is -1.57. The van der Waals surface area contributed by atoms with Crippen LogP contribution >= 0.6 is 12.2 Å². The molecule has 1 aliphatic heterocycles. The Morgan fingerprint density at radius 2 is 1.88 bits per heavy atom. The number of aromatic nitrogens is 2. The van der Waals surface area contributed by atoms with Crippen molar-refractivity contribution in [1.82, 2.24) is 19.8 Å². The fraction of sp³-hybridized carbons (Fsp3) is 0.174. The SMILES string of the molecule is COc1cc(/C=C2\NC(=S)N(C(C)c3cc(F)c(F)c(F)c3)C2=O)ccc1-n1cnc(C)c1. The van der Waals surface area contributed by atoms with Crippen LogP contribution in [0.15, 0.2) is 48.6 Å². The van der Waals surface area contributed by atoms with Crippen LogP contribution in [-0.2, 0) is 4.79 Å². The number of amides is 1. The summed E-state index contributed by atoms with van der Waals surface area (Å²) < 4.78 is 48.0. The van der Waals surface area contributed by atoms with Crippen molar-refractivity contribution < 1.29 is 22.7 Å². The summed E-state index contributed by atoms with van der Waals surface area (Å²) in [6, 6.07) is 6.26. The molecular weight excluding hydrogens is 453 g/mol. The molecule has 2 heterocycles. The zero-order chi connectivity index (χ0) is 23.9. The number of methoxy groups -OCH3 is 1. The summed E-state index contributed by atoms with van der Waals surface area (Å²) in [6.07, 6.45) is 5.13. The van der Waals surface area contributed by atoms with E-state index in [-0.39, 0.29) is 16.4 Å². The maximum Gasteiger partial charge on any atom is 0.277 e. The fourth-order valence-electron chi connectivity index (χ4n) is 3.58. The third kappa shape index (κ3) is 4.21. The van der Waals surface area contributed by atoms with Crippen LogP contribution in [0.5, 0.6) is 5.75 Å². The molecular formula is C23H19F3N4O2S. The lowest BCUT2D eigenvalue weighted by Crippen LogP contribution is -2.33. The monoisotopic (exact) mass is 472 g/mol. The minimum absolute atomic E-state index is 0.0707. The molecule has 1 saturated heterocycles. The third-order valence-corrected chi connectivity index (χ3v) is 5.59. The molecule has 33 heavy (non-hydrogen) atoms. The Balaban J connectivity index is 1.63. The summed E-state index contributed by atoms with van der Waals surface area (Å²) in [4.78, 5) is 18.4. The predicted molar refractivity (Wildman–Crippen MR) is 120 cm³/mol. The maximum absolute atomic E-state index is 13.7. The first-order valence-electron chi connectivity index (χ1n) is 9.89. The quantitative estimate of drug-likeness (QED) is 0.338. The largest absolute Gasteiger partial charge is 0.495 e. The lowest BCUT2D eigenvalue weighted by molar-refractivity contribution is -0.123. The molecule has 170 valence electrons. The number of carbonyl (C=O) groups excluding carboxylic acids is 1. The minimum Gasteiger partial charge on any atom is -0.495 e. The molecule has 2 aromatic carbocycles. The topological polar surface area (TPSA) is 59.4 Å². The Morgan fingerprint density at radius 3 is 2.48 bits per heavy atom. The maximum atomic E-state index is 13.7. The molecule has 1 aromatic heterocycles. The lowest BCUT2D eigenvalue weighted by atomic mass is 10.1. The van der Waals surface area contributed by atoms with Crippen LogP contribution in [0.4, 0.5) is 13.2 Å². The van der Waals surface area contributed by atoms with Crippen molar-refractivity contribution in [2.24, 2.45) is 0 Å². The summed E-state index contributed by atoms with van der Waals surface area (Å²) in [7, 11) is 1.54. The molecule has 0 spiro atoms. The molecule has 1 atom stereocenters. The predicted octanol–water partition coefficient (Wildman–Crippen LogP) is 4.43. The van der Waals surface area contributed by atoms with Gasteiger partial charge in [0.1, 0.15) is 11.4 Å². The first-order chi connectivity index (χ1) is 15.7. The van der Waals surface area contributed by atoms with Crippen molar-refractivity contribution >= 4 is 29.3 Å². The van der Waals surface area contributed by atoms with Gasteiger partial charge in [-0.2, -0.15) is 0 Å². The molecule has 3 aromatic rings. The summed E-state index contributed by atoms with van der Waals surface area (Å²) in [5.74, 6) is -4.15. The van der Waals surface area contributed by atoms with Gasteiger partial charge < -0.3 is 14.6 Å². The van der Waals surface area contributed by atoms with Crippen molar-refractivity contribution in [1.29, 1.82) is 0 Å². The van der Waals surface area contributed by atoms with E-state index in [1.807, 2.05) is 23.8 Å². The van der Waals surface area contributed by atoms with Crippen LogP contribution in [0.3, 0.4) is 0 Å². The Bertz CT molecular complexity index is 1280. The summed E-state index contributed by atoms with van der Waals surface area (Å²) in [5, 5.41) is 2.90. The number of halogens is 3. The van der Waals surface area contributed by atoms with Gasteiger partial charge in [0.05, 0.1) is 30.9 Å². The average molecular weight is 472 g/mol. The van der Waals surface area contributed by atoms with Gasteiger partial charge in [-0.1, -0.05) is 6.07 Å². The molecule has 0 saturated carbocycles. The van der Waals surface area contributed by atoms with E-state index >= 15 is 0 Å². The number of nitrogens with one attached hydrogen (secondary N) is 1. The van der Waals surface area contributed by atoms with Crippen LogP contribution < -0.4 is 10.1 Å². The van der Waals surface area contributed by atoms with E-state index in [0.29, 0.717) is 11.3 Å². The van der Waals surface area contributed by atoms with E-state index in [0.717, 1.165) is 23.5 Å². The van der Waals surface area contributed by atoms with Gasteiger partial charge in [0.25, 0.3) is 5.91 Å². The second kappa shape index (κ2) is 8.70. The van der Waals surface area contributed by atoms with E-state index in [9.17, 15) is 18.0 Å². The summed E-state index contributed by atoms with van der Waals surface area (Å²) in [5.41, 5.74) is 2.55. The highest BCUT2D eigenvalue weighted by Crippen LogP contribution is 2.30. The van der Waals surface area contributed by atoms with E-state index < -0.39 is 29.4 Å². The molecule has 1 amide bonds. The standard InChI is InChI=1S/C23H19F3N4O2S/c1-12-10-29(11-27-12)19-5-4-14(7-20(19)32-3)6-18-22(31)30(23(33)28-18)13(2)15-8-16(24)21(26)17(25)9-15/h4-11,13H,1-3H3,(H,28,33)/b18-6-. The molecule has 0 bridgehead atoms. The van der Waals surface area contributed by atoms with Crippen molar-refractivity contribution in [3.63, 3.8) is 0 Å². The van der Waals surface area contributed by atoms with Crippen molar-refractivity contribution in [2.45, 2.75) is 19.9 Å². The highest BCUT2D eigenvalue weighted by atomic mass is 32.1. The number of hydrogen-bond acceptors (Lipinski definition) is 4. The number of ether oxygens (including phenoxy) is 1. The lowest BCUT2D eigenvalue weighted by Gasteiger charge is -2.23. The molecule has 6 nitrogen and oxygen atoms in total. The number of carbonyl (C=O) groups is 1. The number of nitrogens with zero attached hydrogens (tertiary/aromatic N) is 3. The Labute approximate surface area is 193 Å². The van der Waals surface area contributed by atoms with Crippen LogP contribution in [0.2, 0.25) is 0 Å². The highest BCUT2D eigenvalue weighted by Gasteiger charge is 2.35. The van der Waals surface area contributed by atoms with Crippen LogP contribution in [0.25, 0.3) is 11.8 Å². The van der Waals surface area contributed by atoms with Crippen molar-refractivity contribution in [2.75, 3.05) is 7.11 Å². The molecule has 1 fully saturated rings. The number of rotatable bonds is 5. The first-order valence-corrected chi connectivity index (χ1v) is 10.3. The number of thiocarbonyl (C=S) groups is 1. The Hall–Kier alpha value is -3.66. The van der Waals surface area contributed by atoms with Gasteiger partial charge in [0, 0.05) is 6.20 Å². The van der Waals surface area contributed by atoms with Crippen molar-refractivity contribution in [3.8, 4) is 11.4 Å². The Morgan fingerprint density at radius 1 is 1.18 bits per heavy atom. The van der Waals surface area contributed by atoms with E-state index in [2.05, 4.69) is 10.3 Å². The van der Waals surface area contributed by atoms with E-state index in [1.54, 1.807) is 31.5 Å². The normalized spacial score (nSPS) is 15.8. The molecule has 10 heteroatoms. The molecule has 1 N–H and O–H groups in total. The van der Waals surface area contributed by atoms with Gasteiger partial charge in [-0.15, -0.1) is 0 Å². The number of aryl methyl sites for hydroxylation is 1. The van der Waals surface area contributed by atoms with Gasteiger partial charge in [-0.05, 0) is 67.5 Å². The zero-order valence-electron chi connectivity index (χ0n) is 17.9. The van der Waals surface area contributed by atoms with Gasteiger partial charge in [-0.3, -0.25) is 9.69 Å². The summed E-state index contributed by atoms with van der Waals surface area (Å²) >= 11 is 5.27. The smallest absolute Gasteiger partial charge is 0.277 e.